The topological polar surface area (TPSA) is 49.8 Å². The van der Waals surface area contributed by atoms with Gasteiger partial charge in [0.15, 0.2) is 0 Å². The van der Waals surface area contributed by atoms with E-state index in [1.807, 2.05) is 29.2 Å². The van der Waals surface area contributed by atoms with E-state index in [4.69, 9.17) is 4.74 Å². The average Bonchev–Trinajstić information content (AvgIpc) is 2.91. The number of aliphatic hydroxyl groups is 1. The van der Waals surface area contributed by atoms with Crippen molar-refractivity contribution in [2.24, 2.45) is 0 Å². The smallest absolute Gasteiger partial charge is 0.254 e. The van der Waals surface area contributed by atoms with Crippen molar-refractivity contribution < 1.29 is 14.6 Å². The van der Waals surface area contributed by atoms with E-state index in [9.17, 15) is 9.90 Å². The number of carbonyl (C=O) groups is 1. The molecule has 1 N–H and O–H groups in total. The van der Waals surface area contributed by atoms with Crippen LogP contribution in [0.15, 0.2) is 24.3 Å². The minimum atomic E-state index is -0.368. The van der Waals surface area contributed by atoms with Crippen LogP contribution in [0.5, 0.6) is 0 Å². The summed E-state index contributed by atoms with van der Waals surface area (Å²) >= 11 is 0. The molecule has 1 aromatic rings. The fourth-order valence-corrected chi connectivity index (χ4v) is 3.52. The Kier molecular flexibility index (Phi) is 4.24. The van der Waals surface area contributed by atoms with E-state index < -0.39 is 0 Å². The van der Waals surface area contributed by atoms with Gasteiger partial charge in [0.2, 0.25) is 0 Å². The van der Waals surface area contributed by atoms with E-state index in [0.717, 1.165) is 43.5 Å². The molecule has 3 rings (SSSR count). The fourth-order valence-electron chi connectivity index (χ4n) is 3.52. The quantitative estimate of drug-likeness (QED) is 0.930. The maximum atomic E-state index is 12.8. The first-order valence-corrected chi connectivity index (χ1v) is 8.23. The summed E-state index contributed by atoms with van der Waals surface area (Å²) in [5, 5.41) is 9.62. The van der Waals surface area contributed by atoms with Gasteiger partial charge in [0.1, 0.15) is 0 Å². The number of hydrogen-bond acceptors (Lipinski definition) is 3. The van der Waals surface area contributed by atoms with E-state index in [1.165, 1.54) is 0 Å². The first-order chi connectivity index (χ1) is 10.5. The van der Waals surface area contributed by atoms with E-state index in [0.29, 0.717) is 6.42 Å². The number of carbonyl (C=O) groups excluding carboxylic acids is 1. The Labute approximate surface area is 132 Å². The standard InChI is InChI=1S/C18H25NO3/c1-13(20)11-16-7-4-9-19(16)17(21)14-5-3-6-15(12-14)18(2)8-10-22-18/h3,5-6,12-13,16,20H,4,7-11H2,1-2H3. The lowest BCUT2D eigenvalue weighted by atomic mass is 9.87. The number of amides is 1. The van der Waals surface area contributed by atoms with Crippen molar-refractivity contribution >= 4 is 5.91 Å². The van der Waals surface area contributed by atoms with Gasteiger partial charge in [-0.25, -0.2) is 0 Å². The Morgan fingerprint density at radius 3 is 2.95 bits per heavy atom. The number of hydrogen-bond donors (Lipinski definition) is 1. The molecule has 3 unspecified atom stereocenters. The number of ether oxygens (including phenoxy) is 1. The van der Waals surface area contributed by atoms with Gasteiger partial charge in [-0.3, -0.25) is 4.79 Å². The first kappa shape index (κ1) is 15.5. The molecule has 3 atom stereocenters. The summed E-state index contributed by atoms with van der Waals surface area (Å²) in [6.45, 7) is 5.44. The SMILES string of the molecule is CC(O)CC1CCCN1C(=O)c1cccc(C2(C)CCO2)c1. The van der Waals surface area contributed by atoms with Crippen molar-refractivity contribution in [1.82, 2.24) is 4.90 Å². The summed E-state index contributed by atoms with van der Waals surface area (Å²) in [6.07, 6.45) is 3.29. The summed E-state index contributed by atoms with van der Waals surface area (Å²) < 4.78 is 5.68. The van der Waals surface area contributed by atoms with Crippen LogP contribution in [0, 0.1) is 0 Å². The maximum Gasteiger partial charge on any atom is 0.254 e. The summed E-state index contributed by atoms with van der Waals surface area (Å²) in [5.74, 6) is 0.0768. The van der Waals surface area contributed by atoms with Gasteiger partial charge in [-0.15, -0.1) is 0 Å². The van der Waals surface area contributed by atoms with Crippen LogP contribution in [0.1, 0.15) is 55.5 Å². The Morgan fingerprint density at radius 2 is 2.32 bits per heavy atom. The van der Waals surface area contributed by atoms with Crippen LogP contribution in [0.25, 0.3) is 0 Å². The van der Waals surface area contributed by atoms with Crippen LogP contribution in [0.4, 0.5) is 0 Å². The minimum absolute atomic E-state index is 0.0768. The van der Waals surface area contributed by atoms with Crippen molar-refractivity contribution in [3.8, 4) is 0 Å². The Balaban J connectivity index is 1.78. The number of benzene rings is 1. The zero-order valence-electron chi connectivity index (χ0n) is 13.4. The number of rotatable bonds is 4. The summed E-state index contributed by atoms with van der Waals surface area (Å²) in [6, 6.07) is 7.99. The van der Waals surface area contributed by atoms with Crippen LogP contribution < -0.4 is 0 Å². The second-order valence-corrected chi connectivity index (χ2v) is 6.79. The molecule has 22 heavy (non-hydrogen) atoms. The van der Waals surface area contributed by atoms with E-state index in [-0.39, 0.29) is 23.7 Å². The predicted molar refractivity (Wildman–Crippen MR) is 84.7 cm³/mol. The average molecular weight is 303 g/mol. The molecular formula is C18H25NO3. The van der Waals surface area contributed by atoms with Crippen LogP contribution in [-0.2, 0) is 10.3 Å². The molecule has 2 saturated heterocycles. The molecular weight excluding hydrogens is 278 g/mol. The van der Waals surface area contributed by atoms with Gasteiger partial charge in [0, 0.05) is 24.6 Å². The molecule has 0 aromatic heterocycles. The zero-order valence-corrected chi connectivity index (χ0v) is 13.4. The zero-order chi connectivity index (χ0) is 15.7. The molecule has 2 aliphatic heterocycles. The normalized spacial score (nSPS) is 29.2. The lowest BCUT2D eigenvalue weighted by Gasteiger charge is -2.39. The third-order valence-corrected chi connectivity index (χ3v) is 4.97. The molecule has 1 aromatic carbocycles. The maximum absolute atomic E-state index is 12.8. The van der Waals surface area contributed by atoms with E-state index in [2.05, 4.69) is 6.92 Å². The molecule has 1 amide bonds. The van der Waals surface area contributed by atoms with Gasteiger partial charge in [0.05, 0.1) is 18.3 Å². The number of aliphatic hydroxyl groups excluding tert-OH is 1. The monoisotopic (exact) mass is 303 g/mol. The highest BCUT2D eigenvalue weighted by molar-refractivity contribution is 5.94. The third kappa shape index (κ3) is 2.90. The molecule has 4 nitrogen and oxygen atoms in total. The molecule has 0 saturated carbocycles. The first-order valence-electron chi connectivity index (χ1n) is 8.23. The molecule has 4 heteroatoms. The van der Waals surface area contributed by atoms with E-state index in [1.54, 1.807) is 6.92 Å². The van der Waals surface area contributed by atoms with Crippen molar-refractivity contribution in [2.45, 2.75) is 57.3 Å². The highest BCUT2D eigenvalue weighted by Crippen LogP contribution is 2.37. The van der Waals surface area contributed by atoms with Crippen LogP contribution in [-0.4, -0.2) is 41.2 Å². The molecule has 0 radical (unpaired) electrons. The van der Waals surface area contributed by atoms with Crippen molar-refractivity contribution in [3.05, 3.63) is 35.4 Å². The van der Waals surface area contributed by atoms with Crippen molar-refractivity contribution in [3.63, 3.8) is 0 Å². The largest absolute Gasteiger partial charge is 0.393 e. The molecule has 0 spiro atoms. The molecule has 120 valence electrons. The van der Waals surface area contributed by atoms with Gasteiger partial charge in [-0.05, 0) is 50.8 Å². The minimum Gasteiger partial charge on any atom is -0.393 e. The van der Waals surface area contributed by atoms with Gasteiger partial charge in [-0.2, -0.15) is 0 Å². The Bertz CT molecular complexity index is 551. The van der Waals surface area contributed by atoms with Gasteiger partial charge in [0.25, 0.3) is 5.91 Å². The lowest BCUT2D eigenvalue weighted by Crippen LogP contribution is -2.39. The van der Waals surface area contributed by atoms with Crippen molar-refractivity contribution in [2.75, 3.05) is 13.2 Å². The summed E-state index contributed by atoms with van der Waals surface area (Å²) in [7, 11) is 0. The van der Waals surface area contributed by atoms with Gasteiger partial charge in [-0.1, -0.05) is 12.1 Å². The molecule has 0 aliphatic carbocycles. The lowest BCUT2D eigenvalue weighted by molar-refractivity contribution is -0.140. The van der Waals surface area contributed by atoms with Gasteiger partial charge >= 0.3 is 0 Å². The van der Waals surface area contributed by atoms with E-state index >= 15 is 0 Å². The predicted octanol–water partition coefficient (Wildman–Crippen LogP) is 2.70. The molecule has 2 fully saturated rings. The van der Waals surface area contributed by atoms with Crippen molar-refractivity contribution in [1.29, 1.82) is 0 Å². The fraction of sp³-hybridized carbons (Fsp3) is 0.611. The van der Waals surface area contributed by atoms with Crippen LogP contribution in [0.2, 0.25) is 0 Å². The Morgan fingerprint density at radius 1 is 1.55 bits per heavy atom. The van der Waals surface area contributed by atoms with Crippen LogP contribution >= 0.6 is 0 Å². The van der Waals surface area contributed by atoms with Crippen LogP contribution in [0.3, 0.4) is 0 Å². The highest BCUT2D eigenvalue weighted by atomic mass is 16.5. The van der Waals surface area contributed by atoms with Gasteiger partial charge < -0.3 is 14.7 Å². The second kappa shape index (κ2) is 6.01. The number of likely N-dealkylation sites (tertiary alicyclic amines) is 1. The Hall–Kier alpha value is -1.39. The molecule has 2 aliphatic rings. The molecule has 0 bridgehead atoms. The summed E-state index contributed by atoms with van der Waals surface area (Å²) in [4.78, 5) is 14.8. The summed E-state index contributed by atoms with van der Waals surface area (Å²) in [5.41, 5.74) is 1.57. The molecule has 2 heterocycles. The second-order valence-electron chi connectivity index (χ2n) is 6.79. The highest BCUT2D eigenvalue weighted by Gasteiger charge is 2.36. The third-order valence-electron chi connectivity index (χ3n) is 4.97. The number of nitrogens with zero attached hydrogens (tertiary/aromatic N) is 1.